The van der Waals surface area contributed by atoms with Crippen molar-refractivity contribution in [2.24, 2.45) is 5.73 Å². The number of carbonyl (C=O) groups excluding carboxylic acids is 2. The van der Waals surface area contributed by atoms with Crippen molar-refractivity contribution in [2.75, 3.05) is 19.7 Å². The highest BCUT2D eigenvalue weighted by atomic mass is 16.6. The van der Waals surface area contributed by atoms with Gasteiger partial charge in [0.1, 0.15) is 0 Å². The van der Waals surface area contributed by atoms with Crippen LogP contribution in [-0.4, -0.2) is 47.3 Å². The van der Waals surface area contributed by atoms with Crippen LogP contribution in [0.4, 0.5) is 0 Å². The molecule has 0 saturated carbocycles. The molecule has 1 unspecified atom stereocenters. The molecule has 0 bridgehead atoms. The summed E-state index contributed by atoms with van der Waals surface area (Å²) in [6.45, 7) is 1.98. The number of nitrogens with zero attached hydrogens (tertiary/aromatic N) is 1. The molecule has 6 nitrogen and oxygen atoms in total. The van der Waals surface area contributed by atoms with E-state index in [2.05, 4.69) is 0 Å². The number of esters is 1. The summed E-state index contributed by atoms with van der Waals surface area (Å²) in [7, 11) is 0. The van der Waals surface area contributed by atoms with Gasteiger partial charge in [0.25, 0.3) is 0 Å². The average Bonchev–Trinajstić information content (AvgIpc) is 2.44. The summed E-state index contributed by atoms with van der Waals surface area (Å²) in [6.07, 6.45) is 3.54. The Balaban J connectivity index is 2.93. The fourth-order valence-corrected chi connectivity index (χ4v) is 2.21. The Kier molecular flexibility index (Phi) is 5.55. The topological polar surface area (TPSA) is 92.9 Å². The lowest BCUT2D eigenvalue weighted by molar-refractivity contribution is -0.194. The lowest BCUT2D eigenvalue weighted by atomic mass is 10.0. The van der Waals surface area contributed by atoms with Crippen LogP contribution in [0.25, 0.3) is 0 Å². The molecule has 0 radical (unpaired) electrons. The molecule has 1 aliphatic heterocycles. The van der Waals surface area contributed by atoms with E-state index in [4.69, 9.17) is 10.5 Å². The first-order valence-corrected chi connectivity index (χ1v) is 6.46. The molecule has 6 heteroatoms. The van der Waals surface area contributed by atoms with Crippen molar-refractivity contribution in [3.8, 4) is 0 Å². The van der Waals surface area contributed by atoms with Gasteiger partial charge in [-0.05, 0) is 19.8 Å². The Morgan fingerprint density at radius 3 is 2.72 bits per heavy atom. The van der Waals surface area contributed by atoms with Gasteiger partial charge in [0.15, 0.2) is 0 Å². The molecule has 0 aromatic rings. The predicted octanol–water partition coefficient (Wildman–Crippen LogP) is -0.0105. The number of nitrogens with two attached hydrogens (primary N) is 1. The minimum Gasteiger partial charge on any atom is -0.462 e. The molecule has 0 spiro atoms. The van der Waals surface area contributed by atoms with E-state index in [9.17, 15) is 14.7 Å². The van der Waals surface area contributed by atoms with Gasteiger partial charge < -0.3 is 20.5 Å². The molecule has 1 saturated heterocycles. The number of rotatable bonds is 3. The standard InChI is InChI=1S/C12H22N2O4/c1-2-14(10(15)9-13)12(17)7-5-3-4-6-8-18-11(12)16/h17H,2-9,13H2,1H3. The van der Waals surface area contributed by atoms with E-state index in [0.717, 1.165) is 24.2 Å². The number of hydrogen-bond donors (Lipinski definition) is 2. The molecule has 1 fully saturated rings. The third kappa shape index (κ3) is 3.20. The smallest absolute Gasteiger partial charge is 0.359 e. The molecule has 0 aliphatic carbocycles. The van der Waals surface area contributed by atoms with E-state index in [-0.39, 0.29) is 26.1 Å². The highest BCUT2D eigenvalue weighted by Gasteiger charge is 2.45. The van der Waals surface area contributed by atoms with Crippen LogP contribution in [-0.2, 0) is 14.3 Å². The normalized spacial score (nSPS) is 25.6. The summed E-state index contributed by atoms with van der Waals surface area (Å²) in [5.74, 6) is -1.19. The van der Waals surface area contributed by atoms with Crippen molar-refractivity contribution in [3.05, 3.63) is 0 Å². The van der Waals surface area contributed by atoms with Crippen LogP contribution in [0.2, 0.25) is 0 Å². The van der Waals surface area contributed by atoms with Gasteiger partial charge in [-0.25, -0.2) is 4.79 Å². The maximum absolute atomic E-state index is 12.0. The Hall–Kier alpha value is -1.14. The van der Waals surface area contributed by atoms with Crippen LogP contribution in [0.15, 0.2) is 0 Å². The Bertz CT molecular complexity index is 308. The average molecular weight is 258 g/mol. The summed E-state index contributed by atoms with van der Waals surface area (Å²) in [4.78, 5) is 24.8. The molecule has 3 N–H and O–H groups in total. The third-order valence-electron chi connectivity index (χ3n) is 3.22. The van der Waals surface area contributed by atoms with Crippen molar-refractivity contribution < 1.29 is 19.4 Å². The maximum atomic E-state index is 12.0. The molecular formula is C12H22N2O4. The van der Waals surface area contributed by atoms with Crippen molar-refractivity contribution in [3.63, 3.8) is 0 Å². The van der Waals surface area contributed by atoms with E-state index in [0.29, 0.717) is 6.42 Å². The maximum Gasteiger partial charge on any atom is 0.359 e. The first kappa shape index (κ1) is 14.9. The number of likely N-dealkylation sites (N-methyl/N-ethyl adjacent to an activating group) is 1. The number of carbonyl (C=O) groups is 2. The second-order valence-electron chi connectivity index (χ2n) is 4.46. The van der Waals surface area contributed by atoms with Gasteiger partial charge in [0.05, 0.1) is 13.2 Å². The van der Waals surface area contributed by atoms with Crippen molar-refractivity contribution in [2.45, 2.75) is 44.8 Å². The number of aliphatic hydroxyl groups is 1. The van der Waals surface area contributed by atoms with Gasteiger partial charge in [-0.1, -0.05) is 12.8 Å². The molecule has 1 aliphatic rings. The summed E-state index contributed by atoms with van der Waals surface area (Å²) in [6, 6.07) is 0. The Labute approximate surface area is 107 Å². The molecule has 0 aromatic heterocycles. The van der Waals surface area contributed by atoms with Gasteiger partial charge >= 0.3 is 5.97 Å². The van der Waals surface area contributed by atoms with Crippen LogP contribution in [0, 0.1) is 0 Å². The van der Waals surface area contributed by atoms with E-state index in [1.165, 1.54) is 0 Å². The molecule has 1 rings (SSSR count). The van der Waals surface area contributed by atoms with Crippen molar-refractivity contribution in [1.82, 2.24) is 4.90 Å². The van der Waals surface area contributed by atoms with Crippen LogP contribution in [0.3, 0.4) is 0 Å². The zero-order chi connectivity index (χ0) is 13.6. The summed E-state index contributed by atoms with van der Waals surface area (Å²) in [5, 5.41) is 10.5. The van der Waals surface area contributed by atoms with E-state index >= 15 is 0 Å². The Morgan fingerprint density at radius 1 is 1.44 bits per heavy atom. The first-order valence-electron chi connectivity index (χ1n) is 6.46. The minimum absolute atomic E-state index is 0.200. The van der Waals surface area contributed by atoms with Crippen molar-refractivity contribution in [1.29, 1.82) is 0 Å². The third-order valence-corrected chi connectivity index (χ3v) is 3.22. The predicted molar refractivity (Wildman–Crippen MR) is 65.4 cm³/mol. The second kappa shape index (κ2) is 6.70. The second-order valence-corrected chi connectivity index (χ2v) is 4.46. The first-order chi connectivity index (χ1) is 8.56. The largest absolute Gasteiger partial charge is 0.462 e. The van der Waals surface area contributed by atoms with Crippen LogP contribution in [0.5, 0.6) is 0 Å². The minimum atomic E-state index is -1.87. The summed E-state index contributed by atoms with van der Waals surface area (Å²) in [5.41, 5.74) is 3.44. The zero-order valence-electron chi connectivity index (χ0n) is 10.9. The monoisotopic (exact) mass is 258 g/mol. The molecule has 104 valence electrons. The number of ether oxygens (including phenoxy) is 1. The lowest BCUT2D eigenvalue weighted by Gasteiger charge is -2.36. The number of hydrogen-bond acceptors (Lipinski definition) is 5. The van der Waals surface area contributed by atoms with Gasteiger partial charge in [-0.3, -0.25) is 4.79 Å². The van der Waals surface area contributed by atoms with E-state index in [1.807, 2.05) is 0 Å². The molecule has 1 heterocycles. The van der Waals surface area contributed by atoms with Gasteiger partial charge in [0.2, 0.25) is 11.6 Å². The van der Waals surface area contributed by atoms with Crippen LogP contribution < -0.4 is 5.73 Å². The fraction of sp³-hybridized carbons (Fsp3) is 0.833. The van der Waals surface area contributed by atoms with Crippen LogP contribution >= 0.6 is 0 Å². The summed E-state index contributed by atoms with van der Waals surface area (Å²) >= 11 is 0. The van der Waals surface area contributed by atoms with Crippen LogP contribution in [0.1, 0.15) is 39.0 Å². The van der Waals surface area contributed by atoms with Crippen molar-refractivity contribution >= 4 is 11.9 Å². The van der Waals surface area contributed by atoms with Gasteiger partial charge in [-0.15, -0.1) is 0 Å². The quantitative estimate of drug-likeness (QED) is 0.548. The van der Waals surface area contributed by atoms with Gasteiger partial charge in [-0.2, -0.15) is 0 Å². The van der Waals surface area contributed by atoms with E-state index in [1.54, 1.807) is 6.92 Å². The molecule has 1 amide bonds. The highest BCUT2D eigenvalue weighted by Crippen LogP contribution is 2.24. The summed E-state index contributed by atoms with van der Waals surface area (Å²) < 4.78 is 5.03. The molecule has 0 aromatic carbocycles. The molecule has 1 atom stereocenters. The molecule has 18 heavy (non-hydrogen) atoms. The Morgan fingerprint density at radius 2 is 2.11 bits per heavy atom. The van der Waals surface area contributed by atoms with Gasteiger partial charge in [0, 0.05) is 13.0 Å². The molecular weight excluding hydrogens is 236 g/mol. The fourth-order valence-electron chi connectivity index (χ4n) is 2.21. The number of amides is 1. The lowest BCUT2D eigenvalue weighted by Crippen LogP contribution is -2.59. The van der Waals surface area contributed by atoms with E-state index < -0.39 is 17.6 Å². The SMILES string of the molecule is CCN(C(=O)CN)C1(O)CCCCCCOC1=O. The zero-order valence-corrected chi connectivity index (χ0v) is 10.9. The highest BCUT2D eigenvalue weighted by molar-refractivity contribution is 5.87. The number of cyclic esters (lactones) is 1.